The van der Waals surface area contributed by atoms with Gasteiger partial charge in [0, 0.05) is 72.0 Å². The van der Waals surface area contributed by atoms with Crippen LogP contribution in [0.3, 0.4) is 0 Å². The monoisotopic (exact) mass is 669 g/mol. The number of ether oxygens (including phenoxy) is 1. The fraction of sp³-hybridized carbons (Fsp3) is 1.00. The van der Waals surface area contributed by atoms with Gasteiger partial charge >= 0.3 is 0 Å². The van der Waals surface area contributed by atoms with E-state index in [1.807, 2.05) is 0 Å². The van der Waals surface area contributed by atoms with Gasteiger partial charge in [-0.15, -0.1) is 0 Å². The van der Waals surface area contributed by atoms with Gasteiger partial charge in [-0.25, -0.2) is 0 Å². The summed E-state index contributed by atoms with van der Waals surface area (Å²) >= 11 is 0. The van der Waals surface area contributed by atoms with Crippen molar-refractivity contribution in [1.29, 1.82) is 0 Å². The van der Waals surface area contributed by atoms with Crippen LogP contribution >= 0.6 is 0 Å². The molecule has 0 radical (unpaired) electrons. The molecule has 0 bridgehead atoms. The first-order chi connectivity index (χ1) is 22.5. The molecular formula is C38H84N8O. The average molecular weight is 669 g/mol. The molecule has 0 N–H and O–H groups in total. The molecule has 282 valence electrons. The van der Waals surface area contributed by atoms with Gasteiger partial charge in [-0.05, 0) is 139 Å². The van der Waals surface area contributed by atoms with E-state index in [2.05, 4.69) is 109 Å². The van der Waals surface area contributed by atoms with Crippen LogP contribution in [0.1, 0.15) is 65.7 Å². The lowest BCUT2D eigenvalue weighted by Crippen LogP contribution is -2.44. The highest BCUT2D eigenvalue weighted by atomic mass is 16.5. The van der Waals surface area contributed by atoms with Crippen molar-refractivity contribution in [2.24, 2.45) is 11.8 Å². The minimum atomic E-state index is 0.913. The molecule has 0 aliphatic carbocycles. The number of piperazine rings is 2. The highest BCUT2D eigenvalue weighted by molar-refractivity contribution is 4.68. The first-order valence-corrected chi connectivity index (χ1v) is 19.6. The van der Waals surface area contributed by atoms with Crippen LogP contribution < -0.4 is 0 Å². The molecule has 0 amide bonds. The maximum atomic E-state index is 5.10. The van der Waals surface area contributed by atoms with Gasteiger partial charge in [0.1, 0.15) is 0 Å². The van der Waals surface area contributed by atoms with Crippen LogP contribution in [0, 0.1) is 11.8 Å². The maximum Gasteiger partial charge on any atom is 0.0594 e. The van der Waals surface area contributed by atoms with Crippen LogP contribution in [0.25, 0.3) is 0 Å². The van der Waals surface area contributed by atoms with E-state index in [4.69, 9.17) is 4.74 Å². The Morgan fingerprint density at radius 2 is 0.809 bits per heavy atom. The molecule has 6 heterocycles. The SMILES string of the molecule is CC1CCCN(C)C1.CC1CCN(C)CC1.CCN1CCN(C)CC1.CN1CCCCC1.CN1CCN(C)CC1.CN1CCOCC1. The van der Waals surface area contributed by atoms with E-state index in [0.717, 1.165) is 38.1 Å². The number of nitrogens with zero attached hydrogens (tertiary/aromatic N) is 8. The van der Waals surface area contributed by atoms with E-state index in [9.17, 15) is 0 Å². The highest BCUT2D eigenvalue weighted by Gasteiger charge is 2.12. The Hall–Kier alpha value is -0.360. The zero-order chi connectivity index (χ0) is 34.9. The molecule has 0 spiro atoms. The first-order valence-electron chi connectivity index (χ1n) is 19.6. The number of hydrogen-bond donors (Lipinski definition) is 0. The Bertz CT molecular complexity index is 603. The predicted molar refractivity (Wildman–Crippen MR) is 206 cm³/mol. The van der Waals surface area contributed by atoms with Crippen LogP contribution in [0.4, 0.5) is 0 Å². The summed E-state index contributed by atoms with van der Waals surface area (Å²) in [4.78, 5) is 19.1. The van der Waals surface area contributed by atoms with Gasteiger partial charge in [0.2, 0.25) is 0 Å². The van der Waals surface area contributed by atoms with E-state index in [0.29, 0.717) is 0 Å². The fourth-order valence-corrected chi connectivity index (χ4v) is 6.34. The summed E-state index contributed by atoms with van der Waals surface area (Å²) in [5.41, 5.74) is 0. The molecule has 1 unspecified atom stereocenters. The van der Waals surface area contributed by atoms with Gasteiger partial charge in [0.25, 0.3) is 0 Å². The number of likely N-dealkylation sites (tertiary alicyclic amines) is 3. The fourth-order valence-electron chi connectivity index (χ4n) is 6.34. The van der Waals surface area contributed by atoms with Crippen molar-refractivity contribution in [3.05, 3.63) is 0 Å². The van der Waals surface area contributed by atoms with E-state index in [1.165, 1.54) is 143 Å². The molecule has 6 saturated heterocycles. The average Bonchev–Trinajstić information content (AvgIpc) is 3.06. The van der Waals surface area contributed by atoms with E-state index < -0.39 is 0 Å². The zero-order valence-corrected chi connectivity index (χ0v) is 33.5. The van der Waals surface area contributed by atoms with Crippen LogP contribution in [-0.4, -0.2) is 213 Å². The lowest BCUT2D eigenvalue weighted by molar-refractivity contribution is 0.0503. The molecule has 9 heteroatoms. The Labute approximate surface area is 294 Å². The molecule has 6 aliphatic rings. The van der Waals surface area contributed by atoms with Gasteiger partial charge in [0.15, 0.2) is 0 Å². The normalized spacial score (nSPS) is 26.8. The minimum Gasteiger partial charge on any atom is -0.379 e. The van der Waals surface area contributed by atoms with Gasteiger partial charge in [-0.1, -0.05) is 27.2 Å². The Kier molecular flexibility index (Phi) is 26.9. The number of rotatable bonds is 1. The summed E-state index contributed by atoms with van der Waals surface area (Å²) in [5, 5.41) is 0. The second kappa shape index (κ2) is 28.3. The highest BCUT2D eigenvalue weighted by Crippen LogP contribution is 2.14. The van der Waals surface area contributed by atoms with Crippen molar-refractivity contribution < 1.29 is 4.74 Å². The van der Waals surface area contributed by atoms with Crippen molar-refractivity contribution in [2.45, 2.75) is 65.7 Å². The molecule has 0 aromatic carbocycles. The first kappa shape index (κ1) is 44.7. The summed E-state index contributed by atoms with van der Waals surface area (Å²) in [6.45, 7) is 29.9. The Balaban J connectivity index is 0.000000283. The van der Waals surface area contributed by atoms with Crippen LogP contribution in [0.5, 0.6) is 0 Å². The lowest BCUT2D eigenvalue weighted by Gasteiger charge is -2.31. The lowest BCUT2D eigenvalue weighted by atomic mass is 10.00. The molecule has 47 heavy (non-hydrogen) atoms. The van der Waals surface area contributed by atoms with Crippen molar-refractivity contribution in [3.63, 3.8) is 0 Å². The third kappa shape index (κ3) is 26.2. The summed E-state index contributed by atoms with van der Waals surface area (Å²) in [5.74, 6) is 1.92. The molecular weight excluding hydrogens is 584 g/mol. The predicted octanol–water partition coefficient (Wildman–Crippen LogP) is 3.86. The number of likely N-dealkylation sites (N-methyl/N-ethyl adjacent to an activating group) is 5. The summed E-state index contributed by atoms with van der Waals surface area (Å²) in [7, 11) is 15.2. The topological polar surface area (TPSA) is 35.2 Å². The molecule has 0 saturated carbocycles. The molecule has 9 nitrogen and oxygen atoms in total. The van der Waals surface area contributed by atoms with Crippen molar-refractivity contribution in [1.82, 2.24) is 39.2 Å². The van der Waals surface area contributed by atoms with Crippen molar-refractivity contribution >= 4 is 0 Å². The maximum absolute atomic E-state index is 5.10. The molecule has 0 aromatic heterocycles. The number of morpholine rings is 1. The van der Waals surface area contributed by atoms with Crippen LogP contribution in [-0.2, 0) is 4.74 Å². The van der Waals surface area contributed by atoms with Gasteiger partial charge in [-0.3, -0.25) is 0 Å². The summed E-state index contributed by atoms with van der Waals surface area (Å²) in [6, 6.07) is 0. The molecule has 6 rings (SSSR count). The number of hydrogen-bond acceptors (Lipinski definition) is 9. The van der Waals surface area contributed by atoms with Crippen LogP contribution in [0.2, 0.25) is 0 Å². The molecule has 0 aromatic rings. The molecule has 6 aliphatic heterocycles. The van der Waals surface area contributed by atoms with E-state index in [-0.39, 0.29) is 0 Å². The van der Waals surface area contributed by atoms with Crippen molar-refractivity contribution in [2.75, 3.05) is 174 Å². The van der Waals surface area contributed by atoms with E-state index in [1.54, 1.807) is 0 Å². The number of piperidine rings is 3. The largest absolute Gasteiger partial charge is 0.379 e. The third-order valence-corrected chi connectivity index (χ3v) is 10.5. The molecule has 6 fully saturated rings. The summed E-state index contributed by atoms with van der Waals surface area (Å²) in [6.07, 6.45) is 9.91. The van der Waals surface area contributed by atoms with Gasteiger partial charge < -0.3 is 43.9 Å². The van der Waals surface area contributed by atoms with Gasteiger partial charge in [-0.2, -0.15) is 0 Å². The van der Waals surface area contributed by atoms with Gasteiger partial charge in [0.05, 0.1) is 13.2 Å². The molecule has 1 atom stereocenters. The second-order valence-electron chi connectivity index (χ2n) is 15.6. The smallest absolute Gasteiger partial charge is 0.0594 e. The minimum absolute atomic E-state index is 0.913. The van der Waals surface area contributed by atoms with E-state index >= 15 is 0 Å². The standard InChI is InChI=1S/C7H16N2.2C7H15N.C6H14N2.C6H13N.C5H11NO/c1-3-9-6-4-8(2)5-7-9;1-7-3-5-8(2)6-4-7;1-7-4-3-5-8(2)6-7;1-7-3-5-8(2)6-4-7;1-7-5-3-2-4-6-7;1-6-2-4-7-5-3-6/h3-7H2,1-2H3;2*7H,3-6H2,1-2H3;3-6H2,1-2H3;2-6H2,1H3;2-5H2,1H3. The Morgan fingerprint density at radius 3 is 1.13 bits per heavy atom. The van der Waals surface area contributed by atoms with Crippen LogP contribution in [0.15, 0.2) is 0 Å². The third-order valence-electron chi connectivity index (χ3n) is 10.5. The summed E-state index contributed by atoms with van der Waals surface area (Å²) < 4.78 is 5.10. The van der Waals surface area contributed by atoms with Crippen molar-refractivity contribution in [3.8, 4) is 0 Å². The second-order valence-corrected chi connectivity index (χ2v) is 15.6. The zero-order valence-electron chi connectivity index (χ0n) is 33.5. The quantitative estimate of drug-likeness (QED) is 0.414. The Morgan fingerprint density at radius 1 is 0.404 bits per heavy atom.